The van der Waals surface area contributed by atoms with Crippen molar-refractivity contribution in [3.8, 4) is 0 Å². The van der Waals surface area contributed by atoms with Crippen molar-refractivity contribution in [1.82, 2.24) is 0 Å². The van der Waals surface area contributed by atoms with Gasteiger partial charge in [0, 0.05) is 6.92 Å². The second-order valence-corrected chi connectivity index (χ2v) is 1.46. The van der Waals surface area contributed by atoms with Gasteiger partial charge in [-0.05, 0) is 0 Å². The van der Waals surface area contributed by atoms with Crippen molar-refractivity contribution >= 4 is 13.5 Å². The van der Waals surface area contributed by atoms with Gasteiger partial charge in [-0.2, -0.15) is 0 Å². The molecule has 1 N–H and O–H groups in total. The summed E-state index contributed by atoms with van der Waals surface area (Å²) in [6, 6.07) is 0. The predicted octanol–water partition coefficient (Wildman–Crippen LogP) is -0.593. The van der Waals surface area contributed by atoms with E-state index in [1.165, 1.54) is 12.9 Å². The van der Waals surface area contributed by atoms with Crippen LogP contribution in [0.1, 0.15) is 6.92 Å². The van der Waals surface area contributed by atoms with Gasteiger partial charge in [0.1, 0.15) is 6.61 Å². The highest BCUT2D eigenvalue weighted by atomic mass is 16.5. The van der Waals surface area contributed by atoms with Gasteiger partial charge in [-0.1, -0.05) is 12.1 Å². The molecule has 0 saturated heterocycles. The molecule has 4 heteroatoms. The van der Waals surface area contributed by atoms with E-state index in [0.29, 0.717) is 0 Å². The van der Waals surface area contributed by atoms with Crippen molar-refractivity contribution in [3.05, 3.63) is 12.1 Å². The summed E-state index contributed by atoms with van der Waals surface area (Å²) in [5.74, 6) is 1.21. The lowest BCUT2D eigenvalue weighted by atomic mass is 10.0. The SMILES string of the molecule is CC(=O)OC/C=C/BO. The van der Waals surface area contributed by atoms with E-state index in [1.54, 1.807) is 6.08 Å². The molecule has 0 aromatic heterocycles. The molecule has 0 fully saturated rings. The smallest absolute Gasteiger partial charge is 0.302 e. The first kappa shape index (κ1) is 8.23. The number of rotatable bonds is 3. The highest BCUT2D eigenvalue weighted by Gasteiger charge is 1.85. The monoisotopic (exact) mass is 128 g/mol. The van der Waals surface area contributed by atoms with Crippen LogP contribution in [0, 0.1) is 0 Å². The van der Waals surface area contributed by atoms with E-state index in [1.807, 2.05) is 0 Å². The molecule has 0 bridgehead atoms. The molecular weight excluding hydrogens is 119 g/mol. The van der Waals surface area contributed by atoms with Crippen LogP contribution in [-0.4, -0.2) is 25.1 Å². The minimum absolute atomic E-state index is 0.0126. The third-order valence-electron chi connectivity index (χ3n) is 0.655. The summed E-state index contributed by atoms with van der Waals surface area (Å²) in [5.41, 5.74) is 0. The Hall–Kier alpha value is -0.765. The average Bonchev–Trinajstić information content (AvgIpc) is 1.80. The number of carbonyl (C=O) groups is 1. The summed E-state index contributed by atoms with van der Waals surface area (Å²) in [4.78, 5) is 10.1. The molecule has 0 aromatic rings. The Morgan fingerprint density at radius 1 is 1.89 bits per heavy atom. The fraction of sp³-hybridized carbons (Fsp3) is 0.400. The van der Waals surface area contributed by atoms with Crippen molar-refractivity contribution < 1.29 is 14.6 Å². The van der Waals surface area contributed by atoms with E-state index in [2.05, 4.69) is 4.74 Å². The topological polar surface area (TPSA) is 46.5 Å². The van der Waals surface area contributed by atoms with Gasteiger partial charge < -0.3 is 9.76 Å². The molecule has 0 rings (SSSR count). The maximum Gasteiger partial charge on any atom is 0.302 e. The van der Waals surface area contributed by atoms with E-state index in [-0.39, 0.29) is 20.1 Å². The van der Waals surface area contributed by atoms with Gasteiger partial charge in [0.15, 0.2) is 0 Å². The molecule has 3 nitrogen and oxygen atoms in total. The lowest BCUT2D eigenvalue weighted by Gasteiger charge is -1.92. The Kier molecular flexibility index (Phi) is 4.92. The van der Waals surface area contributed by atoms with Gasteiger partial charge in [-0.15, -0.1) is 0 Å². The molecule has 0 aromatic carbocycles. The van der Waals surface area contributed by atoms with Crippen LogP contribution in [0.5, 0.6) is 0 Å². The minimum atomic E-state index is -0.308. The van der Waals surface area contributed by atoms with Crippen LogP contribution in [0.3, 0.4) is 0 Å². The van der Waals surface area contributed by atoms with Crippen LogP contribution in [0.15, 0.2) is 12.1 Å². The van der Waals surface area contributed by atoms with Crippen LogP contribution in [-0.2, 0) is 9.53 Å². The highest BCUT2D eigenvalue weighted by molar-refractivity contribution is 6.32. The zero-order chi connectivity index (χ0) is 7.11. The maximum absolute atomic E-state index is 10.1. The molecule has 0 amide bonds. The highest BCUT2D eigenvalue weighted by Crippen LogP contribution is 1.76. The summed E-state index contributed by atoms with van der Waals surface area (Å²) < 4.78 is 4.51. The summed E-state index contributed by atoms with van der Waals surface area (Å²) in [6.07, 6.45) is 1.58. The van der Waals surface area contributed by atoms with E-state index in [0.717, 1.165) is 0 Å². The standard InChI is InChI=1S/C5H9BO3/c1-5(7)9-4-2-3-6-8/h2-3,6,8H,4H2,1H3/b3-2+. The Morgan fingerprint density at radius 3 is 3.00 bits per heavy atom. The Bertz CT molecular complexity index is 111. The number of esters is 1. The number of ether oxygens (including phenoxy) is 1. The number of hydrogen-bond acceptors (Lipinski definition) is 3. The van der Waals surface area contributed by atoms with Crippen LogP contribution in [0.25, 0.3) is 0 Å². The molecule has 0 atom stereocenters. The van der Waals surface area contributed by atoms with E-state index >= 15 is 0 Å². The Balaban J connectivity index is 3.09. The largest absolute Gasteiger partial charge is 0.462 e. The van der Waals surface area contributed by atoms with Crippen LogP contribution < -0.4 is 0 Å². The zero-order valence-electron chi connectivity index (χ0n) is 5.33. The van der Waals surface area contributed by atoms with Gasteiger partial charge in [0.2, 0.25) is 0 Å². The molecule has 0 heterocycles. The zero-order valence-corrected chi connectivity index (χ0v) is 5.33. The molecule has 0 spiro atoms. The van der Waals surface area contributed by atoms with Crippen molar-refractivity contribution in [1.29, 1.82) is 0 Å². The third-order valence-corrected chi connectivity index (χ3v) is 0.655. The number of hydrogen-bond donors (Lipinski definition) is 1. The maximum atomic E-state index is 10.1. The molecule has 0 radical (unpaired) electrons. The van der Waals surface area contributed by atoms with E-state index < -0.39 is 0 Å². The van der Waals surface area contributed by atoms with Crippen molar-refractivity contribution in [2.45, 2.75) is 6.92 Å². The van der Waals surface area contributed by atoms with Gasteiger partial charge >= 0.3 is 5.97 Å². The molecule has 0 aliphatic carbocycles. The fourth-order valence-corrected chi connectivity index (χ4v) is 0.308. The van der Waals surface area contributed by atoms with Gasteiger partial charge in [0.05, 0.1) is 0 Å². The average molecular weight is 128 g/mol. The normalized spacial score (nSPS) is 9.56. The lowest BCUT2D eigenvalue weighted by molar-refractivity contribution is -0.139. The summed E-state index contributed by atoms with van der Waals surface area (Å²) in [6.45, 7) is 1.59. The molecular formula is C5H9BO3. The van der Waals surface area contributed by atoms with Crippen LogP contribution >= 0.6 is 0 Å². The van der Waals surface area contributed by atoms with Gasteiger partial charge in [-0.25, -0.2) is 0 Å². The fourth-order valence-electron chi connectivity index (χ4n) is 0.308. The second-order valence-electron chi connectivity index (χ2n) is 1.46. The molecule has 0 saturated carbocycles. The number of carbonyl (C=O) groups excluding carboxylic acids is 1. The second kappa shape index (κ2) is 5.37. The van der Waals surface area contributed by atoms with Crippen LogP contribution in [0.4, 0.5) is 0 Å². The van der Waals surface area contributed by atoms with E-state index in [9.17, 15) is 4.79 Å². The van der Waals surface area contributed by atoms with Gasteiger partial charge in [0.25, 0.3) is 7.48 Å². The van der Waals surface area contributed by atoms with E-state index in [4.69, 9.17) is 5.02 Å². The van der Waals surface area contributed by atoms with Gasteiger partial charge in [-0.3, -0.25) is 4.79 Å². The first-order valence-corrected chi connectivity index (χ1v) is 2.66. The molecule has 0 aliphatic rings. The molecule has 0 aliphatic heterocycles. The van der Waals surface area contributed by atoms with Crippen LogP contribution in [0.2, 0.25) is 0 Å². The van der Waals surface area contributed by atoms with Crippen molar-refractivity contribution in [2.75, 3.05) is 6.61 Å². The first-order valence-electron chi connectivity index (χ1n) is 2.66. The van der Waals surface area contributed by atoms with Crippen molar-refractivity contribution in [3.63, 3.8) is 0 Å². The summed E-state index contributed by atoms with van der Waals surface area (Å²) in [5, 5.41) is 8.20. The summed E-state index contributed by atoms with van der Waals surface area (Å²) >= 11 is 0. The molecule has 50 valence electrons. The quantitative estimate of drug-likeness (QED) is 0.408. The Labute approximate surface area is 54.6 Å². The lowest BCUT2D eigenvalue weighted by Crippen LogP contribution is -1.97. The predicted molar refractivity (Wildman–Crippen MR) is 35.1 cm³/mol. The first-order chi connectivity index (χ1) is 4.27. The van der Waals surface area contributed by atoms with Crippen molar-refractivity contribution in [2.24, 2.45) is 0 Å². The Morgan fingerprint density at radius 2 is 2.56 bits per heavy atom. The molecule has 9 heavy (non-hydrogen) atoms. The summed E-state index contributed by atoms with van der Waals surface area (Å²) in [7, 11) is -0.0126. The molecule has 0 unspecified atom stereocenters. The third kappa shape index (κ3) is 7.23. The minimum Gasteiger partial charge on any atom is -0.462 e.